The number of rotatable bonds is 6. The summed E-state index contributed by atoms with van der Waals surface area (Å²) in [5.41, 5.74) is 1.20. The van der Waals surface area contributed by atoms with Gasteiger partial charge >= 0.3 is 0 Å². The highest BCUT2D eigenvalue weighted by Crippen LogP contribution is 2.44. The summed E-state index contributed by atoms with van der Waals surface area (Å²) in [5, 5.41) is 11.3. The van der Waals surface area contributed by atoms with Crippen molar-refractivity contribution >= 4 is 23.1 Å². The van der Waals surface area contributed by atoms with Crippen molar-refractivity contribution in [1.29, 1.82) is 0 Å². The molecule has 0 spiro atoms. The number of ether oxygens (including phenoxy) is 3. The molecular formula is C27H24N2O6. The zero-order valence-electron chi connectivity index (χ0n) is 19.3. The molecule has 1 fully saturated rings. The first-order valence-electron chi connectivity index (χ1n) is 11.3. The number of carbonyl (C=O) groups excluding carboxylic acids is 2. The summed E-state index contributed by atoms with van der Waals surface area (Å²) in [6.07, 6.45) is 1.58. The molecule has 1 atom stereocenters. The van der Waals surface area contributed by atoms with Gasteiger partial charge in [-0.3, -0.25) is 19.5 Å². The Morgan fingerprint density at radius 1 is 1.09 bits per heavy atom. The van der Waals surface area contributed by atoms with E-state index in [4.69, 9.17) is 14.2 Å². The topological polar surface area (TPSA) is 98.2 Å². The van der Waals surface area contributed by atoms with E-state index in [0.29, 0.717) is 46.7 Å². The van der Waals surface area contributed by atoms with Crippen molar-refractivity contribution in [3.05, 3.63) is 83.7 Å². The maximum absolute atomic E-state index is 13.3. The van der Waals surface area contributed by atoms with Crippen LogP contribution in [0.1, 0.15) is 31.1 Å². The Morgan fingerprint density at radius 3 is 2.69 bits per heavy atom. The summed E-state index contributed by atoms with van der Waals surface area (Å²) in [6, 6.07) is 16.1. The molecule has 0 saturated carbocycles. The number of aliphatic hydroxyl groups excluding tert-OH is 1. The van der Waals surface area contributed by atoms with Gasteiger partial charge in [-0.05, 0) is 42.3 Å². The lowest BCUT2D eigenvalue weighted by atomic mass is 9.98. The molecule has 0 aliphatic carbocycles. The lowest BCUT2D eigenvalue weighted by Crippen LogP contribution is -2.29. The normalized spacial score (nSPS) is 18.4. The molecule has 3 aromatic rings. The van der Waals surface area contributed by atoms with Gasteiger partial charge in [0.25, 0.3) is 11.7 Å². The molecule has 0 bridgehead atoms. The van der Waals surface area contributed by atoms with E-state index in [0.717, 1.165) is 0 Å². The van der Waals surface area contributed by atoms with Crippen LogP contribution in [-0.2, 0) is 9.59 Å². The summed E-state index contributed by atoms with van der Waals surface area (Å²) in [7, 11) is 0. The number of carbonyl (C=O) groups is 2. The Hall–Kier alpha value is -4.33. The number of nitrogens with zero attached hydrogens (tertiary/aromatic N) is 2. The lowest BCUT2D eigenvalue weighted by Gasteiger charge is -2.24. The highest BCUT2D eigenvalue weighted by molar-refractivity contribution is 6.51. The highest BCUT2D eigenvalue weighted by atomic mass is 16.7. The van der Waals surface area contributed by atoms with Gasteiger partial charge in [0.1, 0.15) is 17.6 Å². The Kier molecular flexibility index (Phi) is 5.86. The smallest absolute Gasteiger partial charge is 0.300 e. The van der Waals surface area contributed by atoms with Crippen molar-refractivity contribution in [2.75, 3.05) is 18.3 Å². The van der Waals surface area contributed by atoms with Crippen molar-refractivity contribution in [3.63, 3.8) is 0 Å². The number of ketones is 1. The SMILES string of the molecule is CC(C)COc1cccc(/C(O)=C2\C(=O)C(=O)N(c3ccc4c(c3)OCO4)C2c2ccccn2)c1. The summed E-state index contributed by atoms with van der Waals surface area (Å²) in [5.74, 6) is 0.0394. The second kappa shape index (κ2) is 9.13. The summed E-state index contributed by atoms with van der Waals surface area (Å²) >= 11 is 0. The number of anilines is 1. The van der Waals surface area contributed by atoms with Crippen molar-refractivity contribution < 1.29 is 28.9 Å². The third kappa shape index (κ3) is 4.19. The van der Waals surface area contributed by atoms with Crippen LogP contribution >= 0.6 is 0 Å². The van der Waals surface area contributed by atoms with Crippen LogP contribution < -0.4 is 19.1 Å². The van der Waals surface area contributed by atoms with E-state index in [1.807, 2.05) is 13.8 Å². The maximum atomic E-state index is 13.3. The number of amides is 1. The van der Waals surface area contributed by atoms with Crippen molar-refractivity contribution in [2.45, 2.75) is 19.9 Å². The molecule has 35 heavy (non-hydrogen) atoms. The van der Waals surface area contributed by atoms with Gasteiger partial charge in [-0.15, -0.1) is 0 Å². The van der Waals surface area contributed by atoms with Crippen LogP contribution in [0.3, 0.4) is 0 Å². The first kappa shape index (κ1) is 22.5. The lowest BCUT2D eigenvalue weighted by molar-refractivity contribution is -0.132. The molecule has 3 heterocycles. The number of fused-ring (bicyclic) bond motifs is 1. The van der Waals surface area contributed by atoms with Gasteiger partial charge in [-0.2, -0.15) is 0 Å². The number of hydrogen-bond donors (Lipinski definition) is 1. The van der Waals surface area contributed by atoms with Crippen LogP contribution in [0.2, 0.25) is 0 Å². The maximum Gasteiger partial charge on any atom is 0.300 e. The predicted molar refractivity (Wildman–Crippen MR) is 128 cm³/mol. The minimum Gasteiger partial charge on any atom is -0.507 e. The van der Waals surface area contributed by atoms with Crippen LogP contribution in [0, 0.1) is 5.92 Å². The quantitative estimate of drug-likeness (QED) is 0.321. The van der Waals surface area contributed by atoms with Crippen molar-refractivity contribution in [1.82, 2.24) is 4.98 Å². The summed E-state index contributed by atoms with van der Waals surface area (Å²) < 4.78 is 16.6. The average molecular weight is 472 g/mol. The minimum absolute atomic E-state index is 0.0487. The Bertz CT molecular complexity index is 1320. The van der Waals surface area contributed by atoms with E-state index in [1.165, 1.54) is 4.90 Å². The molecule has 1 saturated heterocycles. The Morgan fingerprint density at radius 2 is 1.91 bits per heavy atom. The monoisotopic (exact) mass is 472 g/mol. The predicted octanol–water partition coefficient (Wildman–Crippen LogP) is 4.47. The molecule has 1 amide bonds. The number of benzene rings is 2. The van der Waals surface area contributed by atoms with Crippen LogP contribution in [0.25, 0.3) is 5.76 Å². The minimum atomic E-state index is -0.934. The van der Waals surface area contributed by atoms with Gasteiger partial charge in [-0.25, -0.2) is 0 Å². The standard InChI is InChI=1S/C27H24N2O6/c1-16(2)14-33-19-7-5-6-17(12-19)25(30)23-24(20-8-3-4-11-28-20)29(27(32)26(23)31)18-9-10-21-22(13-18)35-15-34-21/h3-13,16,24,30H,14-15H2,1-2H3/b25-23+. The van der Waals surface area contributed by atoms with Gasteiger partial charge in [0.15, 0.2) is 11.5 Å². The molecule has 1 N–H and O–H groups in total. The van der Waals surface area contributed by atoms with E-state index < -0.39 is 17.7 Å². The molecule has 2 aliphatic heterocycles. The van der Waals surface area contributed by atoms with Crippen LogP contribution in [0.15, 0.2) is 72.4 Å². The first-order valence-corrected chi connectivity index (χ1v) is 11.3. The van der Waals surface area contributed by atoms with Crippen LogP contribution in [0.4, 0.5) is 5.69 Å². The summed E-state index contributed by atoms with van der Waals surface area (Å²) in [6.45, 7) is 4.66. The molecule has 0 radical (unpaired) electrons. The molecule has 8 heteroatoms. The van der Waals surface area contributed by atoms with Gasteiger partial charge < -0.3 is 19.3 Å². The average Bonchev–Trinajstić information content (AvgIpc) is 3.45. The van der Waals surface area contributed by atoms with Gasteiger partial charge in [-0.1, -0.05) is 32.0 Å². The van der Waals surface area contributed by atoms with Crippen molar-refractivity contribution in [2.24, 2.45) is 5.92 Å². The number of hydrogen-bond acceptors (Lipinski definition) is 7. The fourth-order valence-corrected chi connectivity index (χ4v) is 4.10. The largest absolute Gasteiger partial charge is 0.507 e. The molecule has 5 rings (SSSR count). The third-order valence-electron chi connectivity index (χ3n) is 5.74. The molecule has 2 aromatic carbocycles. The number of Topliss-reactive ketones (excluding diaryl/α,β-unsaturated/α-hetero) is 1. The fourth-order valence-electron chi connectivity index (χ4n) is 4.10. The Balaban J connectivity index is 1.62. The zero-order chi connectivity index (χ0) is 24.5. The van der Waals surface area contributed by atoms with Gasteiger partial charge in [0.2, 0.25) is 6.79 Å². The second-order valence-electron chi connectivity index (χ2n) is 8.69. The molecule has 1 aromatic heterocycles. The third-order valence-corrected chi connectivity index (χ3v) is 5.74. The molecule has 2 aliphatic rings. The summed E-state index contributed by atoms with van der Waals surface area (Å²) in [4.78, 5) is 32.3. The van der Waals surface area contributed by atoms with Gasteiger partial charge in [0, 0.05) is 23.5 Å². The molecule has 1 unspecified atom stereocenters. The Labute approximate surface area is 202 Å². The molecular weight excluding hydrogens is 448 g/mol. The molecule has 8 nitrogen and oxygen atoms in total. The van der Waals surface area contributed by atoms with E-state index in [-0.39, 0.29) is 18.1 Å². The number of aromatic nitrogens is 1. The fraction of sp³-hybridized carbons (Fsp3) is 0.222. The van der Waals surface area contributed by atoms with E-state index in [2.05, 4.69) is 4.98 Å². The molecule has 178 valence electrons. The zero-order valence-corrected chi connectivity index (χ0v) is 19.3. The first-order chi connectivity index (χ1) is 16.9. The number of pyridine rings is 1. The van der Waals surface area contributed by atoms with Gasteiger partial charge in [0.05, 0.1) is 17.9 Å². The second-order valence-corrected chi connectivity index (χ2v) is 8.69. The van der Waals surface area contributed by atoms with Crippen molar-refractivity contribution in [3.8, 4) is 17.2 Å². The van der Waals surface area contributed by atoms with E-state index >= 15 is 0 Å². The van der Waals surface area contributed by atoms with Crippen LogP contribution in [0.5, 0.6) is 17.2 Å². The highest BCUT2D eigenvalue weighted by Gasteiger charge is 2.48. The van der Waals surface area contributed by atoms with E-state index in [9.17, 15) is 14.7 Å². The van der Waals surface area contributed by atoms with E-state index in [1.54, 1.807) is 66.9 Å². The number of aliphatic hydroxyl groups is 1. The van der Waals surface area contributed by atoms with Crippen LogP contribution in [-0.4, -0.2) is 35.2 Å².